The number of rotatable bonds is 10. The smallest absolute Gasteiger partial charge is 0.251 e. The fourth-order valence-corrected chi connectivity index (χ4v) is 3.77. The molecule has 2 aromatic carbocycles. The van der Waals surface area contributed by atoms with Gasteiger partial charge in [0.1, 0.15) is 0 Å². The number of hydrogen-bond acceptors (Lipinski definition) is 5. The van der Waals surface area contributed by atoms with Gasteiger partial charge >= 0.3 is 0 Å². The fourth-order valence-electron chi connectivity index (χ4n) is 2.67. The van der Waals surface area contributed by atoms with Crippen LogP contribution in [0.25, 0.3) is 0 Å². The molecule has 0 aliphatic carbocycles. The lowest BCUT2D eigenvalue weighted by Gasteiger charge is -2.16. The molecule has 2 rings (SSSR count). The Morgan fingerprint density at radius 1 is 1.17 bits per heavy atom. The first-order valence-electron chi connectivity index (χ1n) is 9.43. The number of amides is 1. The van der Waals surface area contributed by atoms with E-state index in [1.165, 1.54) is 20.2 Å². The van der Waals surface area contributed by atoms with E-state index >= 15 is 0 Å². The number of hydrogen-bond donors (Lipinski definition) is 2. The Bertz CT molecular complexity index is 993. The molecule has 30 heavy (non-hydrogen) atoms. The maximum absolute atomic E-state index is 12.7. The average molecular weight is 455 g/mol. The zero-order valence-corrected chi connectivity index (χ0v) is 19.1. The number of benzene rings is 2. The Balaban J connectivity index is 2.17. The highest BCUT2D eigenvalue weighted by Gasteiger charge is 2.17. The van der Waals surface area contributed by atoms with E-state index < -0.39 is 10.0 Å². The van der Waals surface area contributed by atoms with Crippen LogP contribution >= 0.6 is 11.6 Å². The van der Waals surface area contributed by atoms with Crippen LogP contribution in [0.5, 0.6) is 11.5 Å². The van der Waals surface area contributed by atoms with Crippen molar-refractivity contribution in [2.24, 2.45) is 5.92 Å². The first-order chi connectivity index (χ1) is 14.2. The Labute approximate surface area is 182 Å². The second-order valence-electron chi connectivity index (χ2n) is 7.11. The third kappa shape index (κ3) is 6.62. The molecule has 0 aliphatic rings. The van der Waals surface area contributed by atoms with Gasteiger partial charge in [-0.15, -0.1) is 0 Å². The minimum absolute atomic E-state index is 0.166. The molecule has 2 aromatic rings. The van der Waals surface area contributed by atoms with Crippen molar-refractivity contribution in [3.8, 4) is 11.5 Å². The molecule has 7 nitrogen and oxygen atoms in total. The summed E-state index contributed by atoms with van der Waals surface area (Å²) in [6, 6.07) is 10.1. The average Bonchev–Trinajstić information content (AvgIpc) is 2.71. The topological polar surface area (TPSA) is 93.7 Å². The molecular weight excluding hydrogens is 428 g/mol. The van der Waals surface area contributed by atoms with E-state index in [0.29, 0.717) is 40.7 Å². The summed E-state index contributed by atoms with van der Waals surface area (Å²) in [6.45, 7) is 4.66. The highest BCUT2D eigenvalue weighted by Crippen LogP contribution is 2.36. The highest BCUT2D eigenvalue weighted by atomic mass is 35.5. The number of carbonyl (C=O) groups excluding carboxylic acids is 1. The van der Waals surface area contributed by atoms with E-state index in [9.17, 15) is 13.2 Å². The minimum atomic E-state index is -3.43. The largest absolute Gasteiger partial charge is 0.493 e. The van der Waals surface area contributed by atoms with E-state index in [1.54, 1.807) is 30.3 Å². The molecular formula is C21H27ClN2O5S. The van der Waals surface area contributed by atoms with Crippen LogP contribution in [0.3, 0.4) is 0 Å². The number of sulfonamides is 1. The number of methoxy groups -OCH3 is 1. The lowest BCUT2D eigenvalue weighted by molar-refractivity contribution is 0.0950. The molecule has 0 unspecified atom stereocenters. The summed E-state index contributed by atoms with van der Waals surface area (Å²) in [5.41, 5.74) is 1.63. The van der Waals surface area contributed by atoms with Crippen LogP contribution in [0, 0.1) is 5.92 Å². The normalized spacial score (nSPS) is 11.4. The van der Waals surface area contributed by atoms with Crippen LogP contribution in [-0.2, 0) is 22.3 Å². The Hall–Kier alpha value is -2.29. The van der Waals surface area contributed by atoms with Gasteiger partial charge in [0.2, 0.25) is 10.0 Å². The third-order valence-corrected chi connectivity index (χ3v) is 5.86. The molecule has 0 fully saturated rings. The van der Waals surface area contributed by atoms with Crippen molar-refractivity contribution < 1.29 is 22.7 Å². The van der Waals surface area contributed by atoms with E-state index in [0.717, 1.165) is 0 Å². The van der Waals surface area contributed by atoms with Crippen molar-refractivity contribution in [2.75, 3.05) is 20.8 Å². The van der Waals surface area contributed by atoms with Gasteiger partial charge in [-0.25, -0.2) is 13.1 Å². The fraction of sp³-hybridized carbons (Fsp3) is 0.381. The van der Waals surface area contributed by atoms with E-state index in [-0.39, 0.29) is 23.2 Å². The molecule has 0 spiro atoms. The van der Waals surface area contributed by atoms with Crippen LogP contribution in [0.2, 0.25) is 5.02 Å². The van der Waals surface area contributed by atoms with Crippen molar-refractivity contribution in [1.82, 2.24) is 10.0 Å². The summed E-state index contributed by atoms with van der Waals surface area (Å²) >= 11 is 6.31. The maximum Gasteiger partial charge on any atom is 0.251 e. The van der Waals surface area contributed by atoms with Gasteiger partial charge in [-0.2, -0.15) is 0 Å². The van der Waals surface area contributed by atoms with E-state index in [1.807, 2.05) is 13.8 Å². The van der Waals surface area contributed by atoms with E-state index in [2.05, 4.69) is 10.0 Å². The lowest BCUT2D eigenvalue weighted by atomic mass is 10.1. The van der Waals surface area contributed by atoms with Crippen molar-refractivity contribution in [1.29, 1.82) is 0 Å². The summed E-state index contributed by atoms with van der Waals surface area (Å²) in [6.07, 6.45) is 0. The summed E-state index contributed by atoms with van der Waals surface area (Å²) in [5.74, 6) is 0.537. The zero-order valence-electron chi connectivity index (χ0n) is 17.5. The molecule has 0 bridgehead atoms. The van der Waals surface area contributed by atoms with Gasteiger partial charge in [0.25, 0.3) is 5.91 Å². The monoisotopic (exact) mass is 454 g/mol. The molecule has 0 aliphatic heterocycles. The summed E-state index contributed by atoms with van der Waals surface area (Å²) in [7, 11) is -0.581. The second kappa shape index (κ2) is 10.7. The second-order valence-corrected chi connectivity index (χ2v) is 9.44. The summed E-state index contributed by atoms with van der Waals surface area (Å²) < 4.78 is 37.1. The quantitative estimate of drug-likeness (QED) is 0.574. The molecule has 9 heteroatoms. The number of ether oxygens (including phenoxy) is 2. The predicted molar refractivity (Wildman–Crippen MR) is 118 cm³/mol. The van der Waals surface area contributed by atoms with Gasteiger partial charge in [-0.05, 0) is 36.2 Å². The third-order valence-electron chi connectivity index (χ3n) is 4.27. The predicted octanol–water partition coefficient (Wildman–Crippen LogP) is 3.36. The Morgan fingerprint density at radius 2 is 1.83 bits per heavy atom. The Morgan fingerprint density at radius 3 is 2.43 bits per heavy atom. The first-order valence-corrected chi connectivity index (χ1v) is 11.5. The maximum atomic E-state index is 12.7. The molecule has 2 N–H and O–H groups in total. The molecule has 0 radical (unpaired) electrons. The van der Waals surface area contributed by atoms with Gasteiger partial charge in [0.05, 0.1) is 24.5 Å². The molecule has 1 amide bonds. The summed E-state index contributed by atoms with van der Waals surface area (Å²) in [4.78, 5) is 12.7. The van der Waals surface area contributed by atoms with Gasteiger partial charge in [0, 0.05) is 12.1 Å². The molecule has 164 valence electrons. The Kier molecular flexibility index (Phi) is 8.52. The first kappa shape index (κ1) is 24.0. The van der Waals surface area contributed by atoms with Crippen molar-refractivity contribution in [2.45, 2.75) is 26.1 Å². The van der Waals surface area contributed by atoms with Crippen molar-refractivity contribution >= 4 is 27.5 Å². The molecule has 0 saturated heterocycles. The van der Waals surface area contributed by atoms with Crippen molar-refractivity contribution in [3.05, 3.63) is 58.1 Å². The minimum Gasteiger partial charge on any atom is -0.493 e. The van der Waals surface area contributed by atoms with Gasteiger partial charge < -0.3 is 14.8 Å². The van der Waals surface area contributed by atoms with Crippen LogP contribution in [0.15, 0.2) is 36.4 Å². The van der Waals surface area contributed by atoms with Crippen molar-refractivity contribution in [3.63, 3.8) is 0 Å². The molecule has 0 aromatic heterocycles. The zero-order chi connectivity index (χ0) is 22.3. The van der Waals surface area contributed by atoms with Crippen LogP contribution in [0.1, 0.15) is 35.3 Å². The number of halogens is 1. The molecule has 0 heterocycles. The highest BCUT2D eigenvalue weighted by molar-refractivity contribution is 7.88. The lowest BCUT2D eigenvalue weighted by Crippen LogP contribution is -2.25. The van der Waals surface area contributed by atoms with Crippen LogP contribution in [-0.4, -0.2) is 35.1 Å². The van der Waals surface area contributed by atoms with Gasteiger partial charge in [0.15, 0.2) is 11.5 Å². The summed E-state index contributed by atoms with van der Waals surface area (Å²) in [5, 5.41) is 3.08. The van der Waals surface area contributed by atoms with Crippen LogP contribution in [0.4, 0.5) is 0 Å². The molecule has 0 atom stereocenters. The molecule has 0 saturated carbocycles. The van der Waals surface area contributed by atoms with Gasteiger partial charge in [-0.3, -0.25) is 4.79 Å². The number of nitrogens with one attached hydrogen (secondary N) is 2. The number of carbonyl (C=O) groups is 1. The van der Waals surface area contributed by atoms with Crippen LogP contribution < -0.4 is 19.5 Å². The SMILES string of the molecule is CNS(=O)(=O)Cc1ccccc1CNC(=O)c1cc(Cl)c(OCC(C)C)c(OC)c1. The van der Waals surface area contributed by atoms with E-state index in [4.69, 9.17) is 21.1 Å². The van der Waals surface area contributed by atoms with Gasteiger partial charge in [-0.1, -0.05) is 49.7 Å². The standard InChI is InChI=1S/C21H27ClN2O5S/c1-14(2)12-29-20-18(22)9-17(10-19(20)28-4)21(25)24-11-15-7-5-6-8-16(15)13-30(26,27)23-3/h5-10,14,23H,11-13H2,1-4H3,(H,24,25).